The molecule has 1 N–H and O–H groups in total. The van der Waals surface area contributed by atoms with Crippen LogP contribution in [0.3, 0.4) is 0 Å². The smallest absolute Gasteiger partial charge is 0.258 e. The van der Waals surface area contributed by atoms with Gasteiger partial charge in [0.15, 0.2) is 0 Å². The van der Waals surface area contributed by atoms with E-state index in [9.17, 15) is 4.79 Å². The van der Waals surface area contributed by atoms with Gasteiger partial charge in [0, 0.05) is 24.3 Å². The standard InChI is InChI=1S/C16H20N4O2/c1-9-7-13(14-10(2)19-22-15(14)18-9)16(21)20-11-3-4-12(20)8-17-6-5-11/h7,11-12,17H,3-6,8H2,1-2H3. The van der Waals surface area contributed by atoms with Crippen molar-refractivity contribution >= 4 is 17.0 Å². The van der Waals surface area contributed by atoms with Crippen LogP contribution in [-0.2, 0) is 0 Å². The molecule has 2 saturated heterocycles. The minimum Gasteiger partial charge on any atom is -0.336 e. The Morgan fingerprint density at radius 1 is 1.32 bits per heavy atom. The molecule has 22 heavy (non-hydrogen) atoms. The number of carbonyl (C=O) groups is 1. The summed E-state index contributed by atoms with van der Waals surface area (Å²) in [6.45, 7) is 5.62. The Kier molecular flexibility index (Phi) is 3.14. The highest BCUT2D eigenvalue weighted by atomic mass is 16.5. The van der Waals surface area contributed by atoms with E-state index in [2.05, 4.69) is 20.4 Å². The summed E-state index contributed by atoms with van der Waals surface area (Å²) in [6.07, 6.45) is 3.21. The maximum absolute atomic E-state index is 13.2. The largest absolute Gasteiger partial charge is 0.336 e. The SMILES string of the molecule is Cc1cc(C(=O)N2C3CCNCC2CC3)c2c(C)noc2n1. The molecular weight excluding hydrogens is 280 g/mol. The third kappa shape index (κ3) is 2.01. The first-order valence-corrected chi connectivity index (χ1v) is 7.92. The Hall–Kier alpha value is -1.95. The molecule has 0 aliphatic carbocycles. The van der Waals surface area contributed by atoms with Gasteiger partial charge in [0.25, 0.3) is 11.6 Å². The van der Waals surface area contributed by atoms with Crippen LogP contribution >= 0.6 is 0 Å². The molecule has 2 aliphatic rings. The van der Waals surface area contributed by atoms with E-state index in [0.717, 1.165) is 49.1 Å². The van der Waals surface area contributed by atoms with Gasteiger partial charge in [0.1, 0.15) is 0 Å². The molecule has 2 fully saturated rings. The zero-order valence-corrected chi connectivity index (χ0v) is 12.9. The summed E-state index contributed by atoms with van der Waals surface area (Å²) < 4.78 is 5.26. The van der Waals surface area contributed by atoms with Crippen molar-refractivity contribution in [2.75, 3.05) is 13.1 Å². The van der Waals surface area contributed by atoms with Gasteiger partial charge in [-0.2, -0.15) is 0 Å². The summed E-state index contributed by atoms with van der Waals surface area (Å²) in [6, 6.07) is 2.51. The number of nitrogens with zero attached hydrogens (tertiary/aromatic N) is 3. The van der Waals surface area contributed by atoms with E-state index >= 15 is 0 Å². The number of fused-ring (bicyclic) bond motifs is 3. The fourth-order valence-electron chi connectivity index (χ4n) is 3.84. The molecule has 2 atom stereocenters. The summed E-state index contributed by atoms with van der Waals surface area (Å²) >= 11 is 0. The van der Waals surface area contributed by atoms with Gasteiger partial charge < -0.3 is 14.7 Å². The van der Waals surface area contributed by atoms with Crippen molar-refractivity contribution in [1.82, 2.24) is 20.4 Å². The lowest BCUT2D eigenvalue weighted by Crippen LogP contribution is -2.42. The monoisotopic (exact) mass is 300 g/mol. The lowest BCUT2D eigenvalue weighted by atomic mass is 10.1. The van der Waals surface area contributed by atoms with E-state index in [-0.39, 0.29) is 5.91 Å². The molecule has 6 heteroatoms. The predicted molar refractivity (Wildman–Crippen MR) is 81.7 cm³/mol. The number of hydrogen-bond donors (Lipinski definition) is 1. The molecule has 0 radical (unpaired) electrons. The number of pyridine rings is 1. The summed E-state index contributed by atoms with van der Waals surface area (Å²) in [5, 5.41) is 8.17. The van der Waals surface area contributed by atoms with E-state index in [1.54, 1.807) is 0 Å². The average Bonchev–Trinajstić information content (AvgIpc) is 2.96. The third-order valence-corrected chi connectivity index (χ3v) is 4.86. The van der Waals surface area contributed by atoms with Gasteiger partial charge in [-0.25, -0.2) is 4.98 Å². The van der Waals surface area contributed by atoms with Crippen LogP contribution < -0.4 is 5.32 Å². The fourth-order valence-corrected chi connectivity index (χ4v) is 3.84. The Morgan fingerprint density at radius 3 is 3.00 bits per heavy atom. The fraction of sp³-hybridized carbons (Fsp3) is 0.562. The maximum atomic E-state index is 13.2. The summed E-state index contributed by atoms with van der Waals surface area (Å²) in [5.41, 5.74) is 2.65. The molecule has 2 aromatic rings. The first kappa shape index (κ1) is 13.7. The van der Waals surface area contributed by atoms with E-state index in [0.29, 0.717) is 23.4 Å². The van der Waals surface area contributed by atoms with E-state index in [1.807, 2.05) is 19.9 Å². The molecular formula is C16H20N4O2. The molecule has 0 aromatic carbocycles. The summed E-state index contributed by atoms with van der Waals surface area (Å²) in [7, 11) is 0. The van der Waals surface area contributed by atoms with Gasteiger partial charge in [-0.3, -0.25) is 4.79 Å². The van der Waals surface area contributed by atoms with Crippen LogP contribution in [0.15, 0.2) is 10.6 Å². The second kappa shape index (κ2) is 5.05. The van der Waals surface area contributed by atoms with E-state index in [4.69, 9.17) is 4.52 Å². The van der Waals surface area contributed by atoms with Gasteiger partial charge in [-0.05, 0) is 45.7 Å². The molecule has 6 nitrogen and oxygen atoms in total. The van der Waals surface area contributed by atoms with Gasteiger partial charge in [0.2, 0.25) is 0 Å². The molecule has 4 heterocycles. The molecule has 2 bridgehead atoms. The van der Waals surface area contributed by atoms with Crippen molar-refractivity contribution < 1.29 is 9.32 Å². The molecule has 2 aliphatic heterocycles. The minimum atomic E-state index is 0.0954. The van der Waals surface area contributed by atoms with Crippen molar-refractivity contribution in [2.24, 2.45) is 0 Å². The predicted octanol–water partition coefficient (Wildman–Crippen LogP) is 1.81. The molecule has 4 rings (SSSR count). The Bertz CT molecular complexity index is 725. The lowest BCUT2D eigenvalue weighted by molar-refractivity contribution is 0.0682. The van der Waals surface area contributed by atoms with E-state index in [1.165, 1.54) is 0 Å². The Morgan fingerprint density at radius 2 is 2.14 bits per heavy atom. The molecule has 2 unspecified atom stereocenters. The molecule has 2 aromatic heterocycles. The quantitative estimate of drug-likeness (QED) is 0.869. The van der Waals surface area contributed by atoms with Crippen LogP contribution in [0, 0.1) is 13.8 Å². The van der Waals surface area contributed by atoms with Crippen LogP contribution in [0.1, 0.15) is 41.0 Å². The maximum Gasteiger partial charge on any atom is 0.258 e. The average molecular weight is 300 g/mol. The molecule has 0 spiro atoms. The number of nitrogens with one attached hydrogen (secondary N) is 1. The highest BCUT2D eigenvalue weighted by Crippen LogP contribution is 2.32. The van der Waals surface area contributed by atoms with Gasteiger partial charge in [-0.15, -0.1) is 0 Å². The van der Waals surface area contributed by atoms with Crippen LogP contribution in [0.2, 0.25) is 0 Å². The van der Waals surface area contributed by atoms with Gasteiger partial charge >= 0.3 is 0 Å². The van der Waals surface area contributed by atoms with Crippen molar-refractivity contribution in [1.29, 1.82) is 0 Å². The van der Waals surface area contributed by atoms with Crippen molar-refractivity contribution in [3.05, 3.63) is 23.0 Å². The van der Waals surface area contributed by atoms with Gasteiger partial charge in [-0.1, -0.05) is 5.16 Å². The second-order valence-corrected chi connectivity index (χ2v) is 6.35. The first-order valence-electron chi connectivity index (χ1n) is 7.92. The third-order valence-electron chi connectivity index (χ3n) is 4.86. The first-order chi connectivity index (χ1) is 10.6. The lowest BCUT2D eigenvalue weighted by Gasteiger charge is -2.28. The van der Waals surface area contributed by atoms with Crippen LogP contribution in [0.5, 0.6) is 0 Å². The molecule has 1 amide bonds. The number of carbonyl (C=O) groups excluding carboxylic acids is 1. The number of amides is 1. The van der Waals surface area contributed by atoms with Crippen LogP contribution in [0.4, 0.5) is 0 Å². The van der Waals surface area contributed by atoms with Crippen molar-refractivity contribution in [3.8, 4) is 0 Å². The highest BCUT2D eigenvalue weighted by Gasteiger charge is 2.39. The summed E-state index contributed by atoms with van der Waals surface area (Å²) in [4.78, 5) is 19.7. The van der Waals surface area contributed by atoms with Crippen molar-refractivity contribution in [2.45, 2.75) is 45.2 Å². The zero-order valence-electron chi connectivity index (χ0n) is 12.9. The summed E-state index contributed by atoms with van der Waals surface area (Å²) in [5.74, 6) is 0.0954. The molecule has 116 valence electrons. The van der Waals surface area contributed by atoms with E-state index < -0.39 is 0 Å². The van der Waals surface area contributed by atoms with Crippen LogP contribution in [0.25, 0.3) is 11.1 Å². The minimum absolute atomic E-state index is 0.0954. The number of aromatic nitrogens is 2. The topological polar surface area (TPSA) is 71.3 Å². The second-order valence-electron chi connectivity index (χ2n) is 6.35. The number of hydrogen-bond acceptors (Lipinski definition) is 5. The van der Waals surface area contributed by atoms with Crippen molar-refractivity contribution in [3.63, 3.8) is 0 Å². The number of aryl methyl sites for hydroxylation is 2. The highest BCUT2D eigenvalue weighted by molar-refractivity contribution is 6.06. The Balaban J connectivity index is 1.81. The normalized spacial score (nSPS) is 24.7. The Labute approximate surface area is 128 Å². The molecule has 0 saturated carbocycles. The van der Waals surface area contributed by atoms with Gasteiger partial charge in [0.05, 0.1) is 16.6 Å². The van der Waals surface area contributed by atoms with Crippen LogP contribution in [-0.4, -0.2) is 46.1 Å². The number of rotatable bonds is 1. The zero-order chi connectivity index (χ0) is 15.3.